The van der Waals surface area contributed by atoms with E-state index in [1.165, 1.54) is 30.4 Å². The molecule has 0 bridgehead atoms. The van der Waals surface area contributed by atoms with Crippen molar-refractivity contribution in [2.75, 3.05) is 6.54 Å². The monoisotopic (exact) mass is 356 g/mol. The number of carbonyl (C=O) groups excluding carboxylic acids is 2. The van der Waals surface area contributed by atoms with Gasteiger partial charge in [0, 0.05) is 24.6 Å². The molecule has 0 aromatic heterocycles. The number of quaternary nitrogens is 1. The fourth-order valence-corrected chi connectivity index (χ4v) is 4.79. The van der Waals surface area contributed by atoms with Gasteiger partial charge in [-0.3, -0.25) is 9.59 Å². The molecule has 2 atom stereocenters. The first-order chi connectivity index (χ1) is 12.7. The molecule has 2 heterocycles. The number of likely N-dealkylation sites (tertiary alicyclic amines) is 1. The minimum absolute atomic E-state index is 0.0685. The van der Waals surface area contributed by atoms with Crippen LogP contribution in [0.25, 0.3) is 0 Å². The zero-order valence-electron chi connectivity index (χ0n) is 15.5. The SMILES string of the molecule is O=C(NC1CCCCC1)[C@H]1CCCN1C(=O)[C@@H]1Cc2ccccc2C[NH2+]1. The number of amides is 2. The van der Waals surface area contributed by atoms with Gasteiger partial charge in [0.05, 0.1) is 0 Å². The zero-order valence-corrected chi connectivity index (χ0v) is 15.5. The molecule has 0 unspecified atom stereocenters. The van der Waals surface area contributed by atoms with Gasteiger partial charge in [-0.1, -0.05) is 43.5 Å². The fourth-order valence-electron chi connectivity index (χ4n) is 4.79. The Morgan fingerprint density at radius 1 is 1.00 bits per heavy atom. The predicted molar refractivity (Wildman–Crippen MR) is 99.3 cm³/mol. The highest BCUT2D eigenvalue weighted by molar-refractivity contribution is 5.90. The fraction of sp³-hybridized carbons (Fsp3) is 0.619. The molecular formula is C21H30N3O2+. The highest BCUT2D eigenvalue weighted by Crippen LogP contribution is 2.22. The van der Waals surface area contributed by atoms with E-state index < -0.39 is 0 Å². The summed E-state index contributed by atoms with van der Waals surface area (Å²) in [6.07, 6.45) is 8.34. The summed E-state index contributed by atoms with van der Waals surface area (Å²) in [7, 11) is 0. The third-order valence-corrected chi connectivity index (χ3v) is 6.29. The van der Waals surface area contributed by atoms with Crippen LogP contribution < -0.4 is 10.6 Å². The molecular weight excluding hydrogens is 326 g/mol. The highest BCUT2D eigenvalue weighted by Gasteiger charge is 2.40. The Morgan fingerprint density at radius 2 is 1.77 bits per heavy atom. The summed E-state index contributed by atoms with van der Waals surface area (Å²) in [5, 5.41) is 5.36. The number of rotatable bonds is 3. The van der Waals surface area contributed by atoms with E-state index in [1.54, 1.807) is 0 Å². The van der Waals surface area contributed by atoms with Crippen LogP contribution in [0.4, 0.5) is 0 Å². The van der Waals surface area contributed by atoms with Crippen molar-refractivity contribution in [2.45, 2.75) is 76.0 Å². The van der Waals surface area contributed by atoms with Gasteiger partial charge in [0.2, 0.25) is 5.91 Å². The molecule has 1 saturated heterocycles. The van der Waals surface area contributed by atoms with Gasteiger partial charge < -0.3 is 15.5 Å². The van der Waals surface area contributed by atoms with E-state index in [4.69, 9.17) is 0 Å². The van der Waals surface area contributed by atoms with Gasteiger partial charge in [0.25, 0.3) is 5.91 Å². The zero-order chi connectivity index (χ0) is 17.9. The van der Waals surface area contributed by atoms with Crippen LogP contribution in [0.15, 0.2) is 24.3 Å². The van der Waals surface area contributed by atoms with E-state index in [9.17, 15) is 9.59 Å². The largest absolute Gasteiger partial charge is 0.352 e. The van der Waals surface area contributed by atoms with Gasteiger partial charge in [0.1, 0.15) is 12.6 Å². The molecule has 3 N–H and O–H groups in total. The van der Waals surface area contributed by atoms with Gasteiger partial charge in [-0.15, -0.1) is 0 Å². The van der Waals surface area contributed by atoms with Crippen molar-refractivity contribution >= 4 is 11.8 Å². The van der Waals surface area contributed by atoms with E-state index in [0.717, 1.165) is 38.6 Å². The molecule has 2 aliphatic heterocycles. The molecule has 2 amide bonds. The molecule has 0 spiro atoms. The van der Waals surface area contributed by atoms with Crippen LogP contribution in [0.1, 0.15) is 56.1 Å². The lowest BCUT2D eigenvalue weighted by molar-refractivity contribution is -0.695. The van der Waals surface area contributed by atoms with Crippen molar-refractivity contribution in [2.24, 2.45) is 0 Å². The molecule has 26 heavy (non-hydrogen) atoms. The number of hydrogen-bond acceptors (Lipinski definition) is 2. The minimum atomic E-state index is -0.269. The number of nitrogens with one attached hydrogen (secondary N) is 1. The summed E-state index contributed by atoms with van der Waals surface area (Å²) in [5.74, 6) is 0.208. The molecule has 1 saturated carbocycles. The van der Waals surface area contributed by atoms with E-state index in [1.807, 2.05) is 11.0 Å². The van der Waals surface area contributed by atoms with E-state index in [-0.39, 0.29) is 23.9 Å². The summed E-state index contributed by atoms with van der Waals surface area (Å²) in [6, 6.07) is 8.32. The van der Waals surface area contributed by atoms with Crippen LogP contribution in [0.5, 0.6) is 0 Å². The average Bonchev–Trinajstić information content (AvgIpc) is 3.18. The molecule has 5 heteroatoms. The van der Waals surface area contributed by atoms with Crippen LogP contribution in [-0.4, -0.2) is 41.4 Å². The number of carbonyl (C=O) groups is 2. The molecule has 0 radical (unpaired) electrons. The summed E-state index contributed by atoms with van der Waals surface area (Å²) in [6.45, 7) is 1.56. The second-order valence-electron chi connectivity index (χ2n) is 8.05. The smallest absolute Gasteiger partial charge is 0.281 e. The van der Waals surface area contributed by atoms with Gasteiger partial charge in [-0.2, -0.15) is 0 Å². The van der Waals surface area contributed by atoms with E-state index >= 15 is 0 Å². The lowest BCUT2D eigenvalue weighted by atomic mass is 9.94. The van der Waals surface area contributed by atoms with Crippen molar-refractivity contribution in [1.82, 2.24) is 10.2 Å². The number of benzene rings is 1. The Morgan fingerprint density at radius 3 is 2.58 bits per heavy atom. The molecule has 4 rings (SSSR count). The second-order valence-corrected chi connectivity index (χ2v) is 8.05. The maximum atomic E-state index is 13.1. The molecule has 3 aliphatic rings. The van der Waals surface area contributed by atoms with Crippen LogP contribution >= 0.6 is 0 Å². The topological polar surface area (TPSA) is 66.0 Å². The molecule has 1 aliphatic carbocycles. The predicted octanol–water partition coefficient (Wildman–Crippen LogP) is 1.11. The first-order valence-electron chi connectivity index (χ1n) is 10.2. The summed E-state index contributed by atoms with van der Waals surface area (Å²) in [4.78, 5) is 27.8. The van der Waals surface area contributed by atoms with E-state index in [2.05, 4.69) is 28.8 Å². The molecule has 140 valence electrons. The molecule has 2 fully saturated rings. The van der Waals surface area contributed by atoms with Gasteiger partial charge in [-0.05, 0) is 31.2 Å². The minimum Gasteiger partial charge on any atom is -0.352 e. The Kier molecular flexibility index (Phi) is 5.25. The van der Waals surface area contributed by atoms with Crippen molar-refractivity contribution in [3.05, 3.63) is 35.4 Å². The van der Waals surface area contributed by atoms with E-state index in [0.29, 0.717) is 12.6 Å². The quantitative estimate of drug-likeness (QED) is 0.852. The average molecular weight is 356 g/mol. The van der Waals surface area contributed by atoms with Crippen LogP contribution in [-0.2, 0) is 22.6 Å². The van der Waals surface area contributed by atoms with Crippen molar-refractivity contribution in [1.29, 1.82) is 0 Å². The van der Waals surface area contributed by atoms with Crippen molar-refractivity contribution < 1.29 is 14.9 Å². The lowest BCUT2D eigenvalue weighted by Crippen LogP contribution is -2.93. The molecule has 1 aromatic carbocycles. The second kappa shape index (κ2) is 7.78. The third-order valence-electron chi connectivity index (χ3n) is 6.29. The number of fused-ring (bicyclic) bond motifs is 1. The summed E-state index contributed by atoms with van der Waals surface area (Å²) in [5.41, 5.74) is 2.60. The Balaban J connectivity index is 1.39. The lowest BCUT2D eigenvalue weighted by Gasteiger charge is -2.31. The maximum absolute atomic E-state index is 13.1. The number of hydrogen-bond donors (Lipinski definition) is 2. The Labute approximate surface area is 155 Å². The van der Waals surface area contributed by atoms with Crippen LogP contribution in [0.3, 0.4) is 0 Å². The van der Waals surface area contributed by atoms with Crippen molar-refractivity contribution in [3.63, 3.8) is 0 Å². The standard InChI is InChI=1S/C21H29N3O2/c25-20(23-17-9-2-1-3-10-17)19-11-6-12-24(19)21(26)18-13-15-7-4-5-8-16(15)14-22-18/h4-5,7-8,17-19,22H,1-3,6,9-14H2,(H,23,25)/p+1/t18-,19+/m0/s1. The van der Waals surface area contributed by atoms with Gasteiger partial charge in [0.15, 0.2) is 6.04 Å². The number of nitrogens with zero attached hydrogens (tertiary/aromatic N) is 1. The Hall–Kier alpha value is -1.88. The molecule has 5 nitrogen and oxygen atoms in total. The summed E-state index contributed by atoms with van der Waals surface area (Å²) >= 11 is 0. The first kappa shape index (κ1) is 17.5. The van der Waals surface area contributed by atoms with Gasteiger partial charge in [-0.25, -0.2) is 0 Å². The third kappa shape index (κ3) is 3.63. The van der Waals surface area contributed by atoms with Crippen LogP contribution in [0.2, 0.25) is 0 Å². The normalized spacial score (nSPS) is 26.4. The van der Waals surface area contributed by atoms with Crippen molar-refractivity contribution in [3.8, 4) is 0 Å². The first-order valence-corrected chi connectivity index (χ1v) is 10.2. The van der Waals surface area contributed by atoms with Gasteiger partial charge >= 0.3 is 0 Å². The Bertz CT molecular complexity index is 669. The number of nitrogens with two attached hydrogens (primary N) is 1. The van der Waals surface area contributed by atoms with Crippen LogP contribution in [0, 0.1) is 0 Å². The molecule has 1 aromatic rings. The highest BCUT2D eigenvalue weighted by atomic mass is 16.2. The summed E-state index contributed by atoms with van der Waals surface area (Å²) < 4.78 is 0. The maximum Gasteiger partial charge on any atom is 0.281 e.